The summed E-state index contributed by atoms with van der Waals surface area (Å²) in [5.74, 6) is -0.185. The van der Waals surface area contributed by atoms with Gasteiger partial charge in [-0.3, -0.25) is 4.79 Å². The molecular formula is C19H15Cl2N2O. The van der Waals surface area contributed by atoms with Crippen molar-refractivity contribution in [1.82, 2.24) is 5.32 Å². The number of anilines is 1. The molecular weight excluding hydrogens is 343 g/mol. The normalized spacial score (nSPS) is 19.4. The molecule has 1 atom stereocenters. The van der Waals surface area contributed by atoms with E-state index in [1.165, 1.54) is 6.92 Å². The number of rotatable bonds is 3. The lowest BCUT2D eigenvalue weighted by Crippen LogP contribution is -2.55. The van der Waals surface area contributed by atoms with Gasteiger partial charge in [-0.2, -0.15) is 0 Å². The number of carbonyl (C=O) groups is 1. The van der Waals surface area contributed by atoms with E-state index in [9.17, 15) is 4.79 Å². The summed E-state index contributed by atoms with van der Waals surface area (Å²) in [6.07, 6.45) is 8.47. The zero-order chi connectivity index (χ0) is 17.2. The molecule has 121 valence electrons. The second-order valence-corrected chi connectivity index (χ2v) is 6.25. The van der Waals surface area contributed by atoms with Crippen LogP contribution in [0.3, 0.4) is 0 Å². The van der Waals surface area contributed by atoms with Crippen LogP contribution in [0.1, 0.15) is 12.5 Å². The minimum absolute atomic E-state index is 0.185. The zero-order valence-corrected chi connectivity index (χ0v) is 14.5. The monoisotopic (exact) mass is 357 g/mol. The van der Waals surface area contributed by atoms with Gasteiger partial charge in [0.1, 0.15) is 0 Å². The van der Waals surface area contributed by atoms with Crippen molar-refractivity contribution in [3.63, 3.8) is 0 Å². The minimum Gasteiger partial charge on any atom is -0.326 e. The fourth-order valence-corrected chi connectivity index (χ4v) is 3.26. The Kier molecular flexibility index (Phi) is 4.65. The maximum absolute atomic E-state index is 12.0. The fraction of sp³-hybridized carbons (Fsp3) is 0.105. The number of nitrogens with one attached hydrogen (secondary N) is 1. The van der Waals surface area contributed by atoms with Gasteiger partial charge in [0, 0.05) is 34.4 Å². The molecule has 2 aromatic rings. The highest BCUT2D eigenvalue weighted by Gasteiger charge is 2.39. The van der Waals surface area contributed by atoms with E-state index in [0.29, 0.717) is 10.0 Å². The molecule has 1 radical (unpaired) electrons. The van der Waals surface area contributed by atoms with Crippen LogP contribution in [0, 0.1) is 6.08 Å². The van der Waals surface area contributed by atoms with Crippen molar-refractivity contribution >= 4 is 34.8 Å². The zero-order valence-electron chi connectivity index (χ0n) is 13.0. The van der Waals surface area contributed by atoms with E-state index in [-0.39, 0.29) is 5.91 Å². The van der Waals surface area contributed by atoms with Gasteiger partial charge >= 0.3 is 0 Å². The molecule has 5 heteroatoms. The maximum Gasteiger partial charge on any atom is 0.219 e. The molecule has 2 aromatic carbocycles. The van der Waals surface area contributed by atoms with Crippen LogP contribution in [-0.4, -0.2) is 5.91 Å². The summed E-state index contributed by atoms with van der Waals surface area (Å²) in [6.45, 7) is 1.47. The summed E-state index contributed by atoms with van der Waals surface area (Å²) in [5.41, 5.74) is 0.590. The second kappa shape index (κ2) is 6.71. The predicted molar refractivity (Wildman–Crippen MR) is 97.8 cm³/mol. The molecule has 0 saturated heterocycles. The summed E-state index contributed by atoms with van der Waals surface area (Å²) >= 11 is 12.6. The highest BCUT2D eigenvalue weighted by atomic mass is 35.5. The van der Waals surface area contributed by atoms with Crippen LogP contribution in [0.25, 0.3) is 0 Å². The number of hydrogen-bond acceptors (Lipinski definition) is 2. The van der Waals surface area contributed by atoms with Crippen LogP contribution >= 0.6 is 23.2 Å². The van der Waals surface area contributed by atoms with Gasteiger partial charge in [0.2, 0.25) is 5.91 Å². The number of halogens is 2. The highest BCUT2D eigenvalue weighted by molar-refractivity contribution is 6.31. The molecule has 0 fully saturated rings. The quantitative estimate of drug-likeness (QED) is 0.864. The van der Waals surface area contributed by atoms with Gasteiger partial charge in [-0.1, -0.05) is 47.5 Å². The molecule has 0 saturated carbocycles. The molecule has 0 bridgehead atoms. The number of carbonyl (C=O) groups excluding carboxylic acids is 1. The highest BCUT2D eigenvalue weighted by Crippen LogP contribution is 2.38. The third-order valence-electron chi connectivity index (χ3n) is 3.73. The number of allylic oxidation sites excluding steroid dienone is 2. The first-order chi connectivity index (χ1) is 11.5. The lowest BCUT2D eigenvalue weighted by Gasteiger charge is -2.43. The Balaban J connectivity index is 2.22. The fourth-order valence-electron chi connectivity index (χ4n) is 2.80. The van der Waals surface area contributed by atoms with Gasteiger partial charge in [0.05, 0.1) is 0 Å². The van der Waals surface area contributed by atoms with Crippen LogP contribution in [0.2, 0.25) is 10.0 Å². The first kappa shape index (κ1) is 16.6. The summed E-state index contributed by atoms with van der Waals surface area (Å²) < 4.78 is 0. The summed E-state index contributed by atoms with van der Waals surface area (Å²) in [7, 11) is 0. The molecule has 1 amide bonds. The molecule has 3 rings (SSSR count). The molecule has 3 nitrogen and oxygen atoms in total. The van der Waals surface area contributed by atoms with Crippen LogP contribution in [0.15, 0.2) is 66.9 Å². The smallest absolute Gasteiger partial charge is 0.219 e. The van der Waals surface area contributed by atoms with Gasteiger partial charge in [-0.25, -0.2) is 0 Å². The molecule has 0 aromatic heterocycles. The average molecular weight is 358 g/mol. The van der Waals surface area contributed by atoms with E-state index in [0.717, 1.165) is 11.3 Å². The van der Waals surface area contributed by atoms with Crippen molar-refractivity contribution in [2.24, 2.45) is 0 Å². The van der Waals surface area contributed by atoms with E-state index in [2.05, 4.69) is 11.4 Å². The van der Waals surface area contributed by atoms with Gasteiger partial charge in [-0.05, 0) is 42.5 Å². The molecule has 24 heavy (non-hydrogen) atoms. The lowest BCUT2D eigenvalue weighted by molar-refractivity contribution is -0.120. The summed E-state index contributed by atoms with van der Waals surface area (Å²) in [4.78, 5) is 13.9. The van der Waals surface area contributed by atoms with Crippen molar-refractivity contribution in [2.75, 3.05) is 4.90 Å². The Labute approximate surface area is 151 Å². The van der Waals surface area contributed by atoms with E-state index in [1.54, 1.807) is 24.3 Å². The first-order valence-electron chi connectivity index (χ1n) is 7.39. The summed E-state index contributed by atoms with van der Waals surface area (Å²) in [5, 5.41) is 4.17. The van der Waals surface area contributed by atoms with Gasteiger partial charge in [0.25, 0.3) is 0 Å². The number of nitrogens with zero attached hydrogens (tertiary/aromatic N) is 1. The molecule has 1 aliphatic heterocycles. The van der Waals surface area contributed by atoms with E-state index >= 15 is 0 Å². The van der Waals surface area contributed by atoms with Gasteiger partial charge in [0.15, 0.2) is 5.66 Å². The van der Waals surface area contributed by atoms with Gasteiger partial charge in [-0.15, -0.1) is 0 Å². The number of amides is 1. The van der Waals surface area contributed by atoms with Crippen molar-refractivity contribution in [2.45, 2.75) is 12.6 Å². The number of hydrogen-bond donors (Lipinski definition) is 1. The Morgan fingerprint density at radius 1 is 1.17 bits per heavy atom. The van der Waals surface area contributed by atoms with Crippen LogP contribution in [0.5, 0.6) is 0 Å². The molecule has 1 aliphatic rings. The van der Waals surface area contributed by atoms with Crippen LogP contribution in [0.4, 0.5) is 5.69 Å². The van der Waals surface area contributed by atoms with Gasteiger partial charge < -0.3 is 10.2 Å². The van der Waals surface area contributed by atoms with Crippen molar-refractivity contribution in [3.8, 4) is 0 Å². The third-order valence-corrected chi connectivity index (χ3v) is 4.29. The Hall–Kier alpha value is -2.23. The van der Waals surface area contributed by atoms with E-state index in [4.69, 9.17) is 23.2 Å². The summed E-state index contributed by atoms with van der Waals surface area (Å²) in [6, 6.07) is 14.8. The first-order valence-corrected chi connectivity index (χ1v) is 8.14. The lowest BCUT2D eigenvalue weighted by atomic mass is 9.93. The van der Waals surface area contributed by atoms with E-state index < -0.39 is 5.66 Å². The van der Waals surface area contributed by atoms with Crippen LogP contribution < -0.4 is 10.2 Å². The Morgan fingerprint density at radius 3 is 2.67 bits per heavy atom. The maximum atomic E-state index is 12.0. The molecule has 1 N–H and O–H groups in total. The Morgan fingerprint density at radius 2 is 1.96 bits per heavy atom. The second-order valence-electron chi connectivity index (χ2n) is 5.40. The third kappa shape index (κ3) is 3.05. The average Bonchev–Trinajstić information content (AvgIpc) is 2.55. The van der Waals surface area contributed by atoms with E-state index in [1.807, 2.05) is 47.5 Å². The Bertz CT molecular complexity index is 832. The standard InChI is InChI=1S/C19H15Cl2N2O/c1-14(24)22-19(17-9-2-3-10-18(17)21)11-4-5-12-23(19)16-8-6-7-15(20)13-16/h2-3,5-13H,1H3,(H,22,24). The molecule has 0 spiro atoms. The van der Waals surface area contributed by atoms with Crippen LogP contribution in [-0.2, 0) is 10.5 Å². The van der Waals surface area contributed by atoms with Crippen molar-refractivity contribution in [3.05, 3.63) is 88.6 Å². The van der Waals surface area contributed by atoms with Crippen molar-refractivity contribution < 1.29 is 4.79 Å². The molecule has 1 unspecified atom stereocenters. The predicted octanol–water partition coefficient (Wildman–Crippen LogP) is 4.68. The topological polar surface area (TPSA) is 32.3 Å². The largest absolute Gasteiger partial charge is 0.326 e. The number of benzene rings is 2. The minimum atomic E-state index is -0.983. The van der Waals surface area contributed by atoms with Crippen molar-refractivity contribution in [1.29, 1.82) is 0 Å². The molecule has 0 aliphatic carbocycles. The SMILES string of the molecule is CC(=O)NC1(c2ccccc2Cl)C=[C]C=CN1c1cccc(Cl)c1. The molecule has 1 heterocycles.